The molecule has 1 rings (SSSR count). The molecule has 13 heavy (non-hydrogen) atoms. The van der Waals surface area contributed by atoms with Crippen molar-refractivity contribution in [3.63, 3.8) is 0 Å². The molecule has 0 unspecified atom stereocenters. The predicted molar refractivity (Wildman–Crippen MR) is 59.2 cm³/mol. The molecule has 4 heteroatoms. The molecule has 0 radical (unpaired) electrons. The van der Waals surface area contributed by atoms with Crippen molar-refractivity contribution in [3.05, 3.63) is 0 Å². The van der Waals surface area contributed by atoms with Crippen LogP contribution in [0, 0.1) is 5.41 Å². The zero-order valence-corrected chi connectivity index (χ0v) is 9.23. The van der Waals surface area contributed by atoms with Crippen molar-refractivity contribution in [3.8, 4) is 0 Å². The van der Waals surface area contributed by atoms with E-state index in [9.17, 15) is 0 Å². The van der Waals surface area contributed by atoms with Crippen LogP contribution in [-0.2, 0) is 0 Å². The average molecular weight is 201 g/mol. The van der Waals surface area contributed by atoms with E-state index in [1.807, 2.05) is 13.3 Å². The largest absolute Gasteiger partial charge is 0.352 e. The number of hydrogen-bond donors (Lipinski definition) is 2. The van der Waals surface area contributed by atoms with Crippen LogP contribution >= 0.6 is 11.8 Å². The van der Waals surface area contributed by atoms with Gasteiger partial charge < -0.3 is 10.6 Å². The molecule has 3 nitrogen and oxygen atoms in total. The van der Waals surface area contributed by atoms with E-state index >= 15 is 0 Å². The molecule has 0 spiro atoms. The van der Waals surface area contributed by atoms with Crippen molar-refractivity contribution in [2.24, 2.45) is 5.73 Å². The minimum absolute atomic E-state index is 0.396. The first-order valence-corrected chi connectivity index (χ1v) is 5.98. The third-order valence-corrected chi connectivity index (χ3v) is 3.48. The first kappa shape index (κ1) is 10.9. The van der Waals surface area contributed by atoms with E-state index in [2.05, 4.69) is 4.90 Å². The van der Waals surface area contributed by atoms with E-state index in [4.69, 9.17) is 11.1 Å². The van der Waals surface area contributed by atoms with Crippen molar-refractivity contribution in [2.45, 2.75) is 37.8 Å². The second-order valence-corrected chi connectivity index (χ2v) is 4.48. The molecular formula is C9H19N3S. The van der Waals surface area contributed by atoms with Crippen LogP contribution in [0.1, 0.15) is 25.7 Å². The number of amidine groups is 1. The highest BCUT2D eigenvalue weighted by molar-refractivity contribution is 8.13. The molecule has 0 saturated heterocycles. The Morgan fingerprint density at radius 2 is 1.92 bits per heavy atom. The summed E-state index contributed by atoms with van der Waals surface area (Å²) < 4.78 is 0. The molecule has 0 aromatic rings. The van der Waals surface area contributed by atoms with Gasteiger partial charge in [-0.2, -0.15) is 0 Å². The van der Waals surface area contributed by atoms with Gasteiger partial charge in [0.25, 0.3) is 0 Å². The van der Waals surface area contributed by atoms with Crippen molar-refractivity contribution in [1.29, 1.82) is 5.41 Å². The van der Waals surface area contributed by atoms with Gasteiger partial charge in [-0.05, 0) is 31.9 Å². The lowest BCUT2D eigenvalue weighted by molar-refractivity contribution is 0.264. The van der Waals surface area contributed by atoms with E-state index < -0.39 is 0 Å². The summed E-state index contributed by atoms with van der Waals surface area (Å²) in [7, 11) is 2.01. The number of nitrogens with zero attached hydrogens (tertiary/aromatic N) is 1. The molecule has 1 saturated carbocycles. The third-order valence-electron chi connectivity index (χ3n) is 2.80. The van der Waals surface area contributed by atoms with Gasteiger partial charge in [0.05, 0.1) is 0 Å². The Kier molecular flexibility index (Phi) is 4.06. The molecule has 0 aliphatic heterocycles. The van der Waals surface area contributed by atoms with Gasteiger partial charge in [-0.3, -0.25) is 5.41 Å². The van der Waals surface area contributed by atoms with Gasteiger partial charge in [0.1, 0.15) is 0 Å². The summed E-state index contributed by atoms with van der Waals surface area (Å²) in [5, 5.41) is 8.35. The standard InChI is InChI=1S/C9H19N3S/c1-12(9(11)13-2)8-5-3-7(10)4-6-8/h7-8,11H,3-6,10H2,1-2H3. The monoisotopic (exact) mass is 201 g/mol. The number of nitrogens with one attached hydrogen (secondary N) is 1. The van der Waals surface area contributed by atoms with Gasteiger partial charge in [0, 0.05) is 19.1 Å². The summed E-state index contributed by atoms with van der Waals surface area (Å²) in [5.41, 5.74) is 5.83. The predicted octanol–water partition coefficient (Wildman–Crippen LogP) is 1.49. The maximum Gasteiger partial charge on any atom is 0.156 e. The third kappa shape index (κ3) is 2.88. The molecule has 0 heterocycles. The lowest BCUT2D eigenvalue weighted by atomic mass is 9.91. The van der Waals surface area contributed by atoms with E-state index in [1.165, 1.54) is 11.8 Å². The fourth-order valence-electron chi connectivity index (χ4n) is 1.80. The van der Waals surface area contributed by atoms with E-state index in [0.717, 1.165) is 25.7 Å². The quantitative estimate of drug-likeness (QED) is 0.499. The molecule has 1 aliphatic rings. The molecule has 0 atom stereocenters. The molecule has 0 aromatic carbocycles. The molecule has 0 bridgehead atoms. The highest BCUT2D eigenvalue weighted by Crippen LogP contribution is 2.22. The molecule has 0 aromatic heterocycles. The van der Waals surface area contributed by atoms with Gasteiger partial charge in [0.15, 0.2) is 5.17 Å². The second-order valence-electron chi connectivity index (χ2n) is 3.69. The van der Waals surface area contributed by atoms with Crippen LogP contribution in [-0.4, -0.2) is 35.5 Å². The molecule has 0 amide bonds. The van der Waals surface area contributed by atoms with E-state index in [-0.39, 0.29) is 0 Å². The smallest absolute Gasteiger partial charge is 0.156 e. The first-order chi connectivity index (χ1) is 6.15. The van der Waals surface area contributed by atoms with Crippen LogP contribution in [0.3, 0.4) is 0 Å². The van der Waals surface area contributed by atoms with E-state index in [0.29, 0.717) is 17.3 Å². The molecular weight excluding hydrogens is 182 g/mol. The fourth-order valence-corrected chi connectivity index (χ4v) is 2.24. The highest BCUT2D eigenvalue weighted by Gasteiger charge is 2.22. The Hall–Kier alpha value is -0.220. The Morgan fingerprint density at radius 1 is 1.38 bits per heavy atom. The Labute approximate surface area is 84.6 Å². The van der Waals surface area contributed by atoms with Crippen LogP contribution in [0.25, 0.3) is 0 Å². The summed E-state index contributed by atoms with van der Waals surface area (Å²) in [5.74, 6) is 0. The summed E-state index contributed by atoms with van der Waals surface area (Å²) in [6, 6.07) is 0.938. The van der Waals surface area contributed by atoms with E-state index in [1.54, 1.807) is 0 Å². The molecule has 1 fully saturated rings. The summed E-state index contributed by atoms with van der Waals surface area (Å²) in [6.07, 6.45) is 6.45. The van der Waals surface area contributed by atoms with Crippen molar-refractivity contribution in [1.82, 2.24) is 4.90 Å². The number of thioether (sulfide) groups is 1. The Morgan fingerprint density at radius 3 is 2.38 bits per heavy atom. The summed E-state index contributed by atoms with van der Waals surface area (Å²) >= 11 is 1.51. The van der Waals surface area contributed by atoms with Crippen LogP contribution in [0.4, 0.5) is 0 Å². The van der Waals surface area contributed by atoms with Gasteiger partial charge in [-0.1, -0.05) is 11.8 Å². The van der Waals surface area contributed by atoms with Crippen molar-refractivity contribution in [2.75, 3.05) is 13.3 Å². The normalized spacial score (nSPS) is 28.5. The summed E-state index contributed by atoms with van der Waals surface area (Å²) in [4.78, 5) is 2.08. The number of hydrogen-bond acceptors (Lipinski definition) is 3. The zero-order valence-electron chi connectivity index (χ0n) is 8.42. The van der Waals surface area contributed by atoms with Gasteiger partial charge in [-0.15, -0.1) is 0 Å². The molecule has 1 aliphatic carbocycles. The second kappa shape index (κ2) is 4.86. The zero-order chi connectivity index (χ0) is 9.84. The molecule has 76 valence electrons. The van der Waals surface area contributed by atoms with Crippen molar-refractivity contribution < 1.29 is 0 Å². The lowest BCUT2D eigenvalue weighted by Gasteiger charge is -2.34. The lowest BCUT2D eigenvalue weighted by Crippen LogP contribution is -2.40. The number of rotatable bonds is 1. The highest BCUT2D eigenvalue weighted by atomic mass is 32.2. The topological polar surface area (TPSA) is 53.1 Å². The fraction of sp³-hybridized carbons (Fsp3) is 0.889. The Balaban J connectivity index is 2.39. The van der Waals surface area contributed by atoms with Crippen LogP contribution in [0.15, 0.2) is 0 Å². The minimum atomic E-state index is 0.396. The molecule has 3 N–H and O–H groups in total. The van der Waals surface area contributed by atoms with Crippen LogP contribution < -0.4 is 5.73 Å². The van der Waals surface area contributed by atoms with Crippen molar-refractivity contribution >= 4 is 16.9 Å². The van der Waals surface area contributed by atoms with Crippen LogP contribution in [0.2, 0.25) is 0 Å². The summed E-state index contributed by atoms with van der Waals surface area (Å²) in [6.45, 7) is 0. The van der Waals surface area contributed by atoms with Gasteiger partial charge in [0.2, 0.25) is 0 Å². The average Bonchev–Trinajstić information content (AvgIpc) is 2.17. The van der Waals surface area contributed by atoms with Gasteiger partial charge >= 0.3 is 0 Å². The number of nitrogens with two attached hydrogens (primary N) is 1. The maximum absolute atomic E-state index is 7.69. The SMILES string of the molecule is CSC(=N)N(C)C1CCC(N)CC1. The van der Waals surface area contributed by atoms with Gasteiger partial charge in [-0.25, -0.2) is 0 Å². The first-order valence-electron chi connectivity index (χ1n) is 4.76. The Bertz CT molecular complexity index is 176. The minimum Gasteiger partial charge on any atom is -0.352 e. The maximum atomic E-state index is 7.69. The van der Waals surface area contributed by atoms with Crippen LogP contribution in [0.5, 0.6) is 0 Å².